The van der Waals surface area contributed by atoms with Crippen LogP contribution in [0, 0.1) is 5.92 Å². The molecule has 0 saturated heterocycles. The molecule has 4 rings (SSSR count). The molecule has 2 aromatic heterocycles. The number of benzene rings is 1. The van der Waals surface area contributed by atoms with Crippen LogP contribution in [0.3, 0.4) is 0 Å². The van der Waals surface area contributed by atoms with E-state index in [9.17, 15) is 9.59 Å². The zero-order valence-electron chi connectivity index (χ0n) is 20.5. The van der Waals surface area contributed by atoms with E-state index in [0.717, 1.165) is 49.1 Å². The van der Waals surface area contributed by atoms with E-state index in [1.54, 1.807) is 24.3 Å². The van der Waals surface area contributed by atoms with E-state index < -0.39 is 0 Å². The number of hydrogen-bond acceptors (Lipinski definition) is 5. The average molecular weight is 463 g/mol. The van der Waals surface area contributed by atoms with Gasteiger partial charge in [0.2, 0.25) is 5.91 Å². The molecule has 3 aromatic rings. The first kappa shape index (κ1) is 23.8. The number of carbonyl (C=O) groups excluding carboxylic acids is 2. The number of nitrogens with zero attached hydrogens (tertiary/aromatic N) is 4. The van der Waals surface area contributed by atoms with Gasteiger partial charge in [-0.1, -0.05) is 6.92 Å². The molecule has 1 saturated carbocycles. The van der Waals surface area contributed by atoms with Crippen LogP contribution in [0.15, 0.2) is 42.6 Å². The summed E-state index contributed by atoms with van der Waals surface area (Å²) in [5.41, 5.74) is 3.84. The molecule has 180 valence electrons. The van der Waals surface area contributed by atoms with Crippen molar-refractivity contribution in [3.63, 3.8) is 0 Å². The summed E-state index contributed by atoms with van der Waals surface area (Å²) in [6, 6.07) is 10.8. The summed E-state index contributed by atoms with van der Waals surface area (Å²) in [7, 11) is 4.19. The van der Waals surface area contributed by atoms with Gasteiger partial charge in [0.1, 0.15) is 11.5 Å². The lowest BCUT2D eigenvalue weighted by molar-refractivity contribution is -0.114. The van der Waals surface area contributed by atoms with Crippen LogP contribution in [-0.4, -0.2) is 59.8 Å². The molecule has 0 radical (unpaired) electrons. The van der Waals surface area contributed by atoms with Crippen LogP contribution >= 0.6 is 0 Å². The number of amides is 2. The van der Waals surface area contributed by atoms with E-state index in [2.05, 4.69) is 45.9 Å². The van der Waals surface area contributed by atoms with Gasteiger partial charge in [-0.15, -0.1) is 0 Å². The molecule has 1 fully saturated rings. The highest BCUT2D eigenvalue weighted by molar-refractivity contribution is 6.04. The molecule has 0 bridgehead atoms. The Hall–Kier alpha value is -3.39. The summed E-state index contributed by atoms with van der Waals surface area (Å²) in [6.45, 7) is 6.49. The highest BCUT2D eigenvalue weighted by atomic mass is 16.2. The van der Waals surface area contributed by atoms with Gasteiger partial charge in [-0.25, -0.2) is 4.98 Å². The second-order valence-electron chi connectivity index (χ2n) is 9.29. The molecular formula is C26H34N6O2. The second kappa shape index (κ2) is 10.3. The van der Waals surface area contributed by atoms with Crippen molar-refractivity contribution in [2.45, 2.75) is 33.1 Å². The Balaban J connectivity index is 1.60. The number of rotatable bonds is 10. The minimum Gasteiger partial charge on any atom is -0.355 e. The monoisotopic (exact) mass is 462 g/mol. The van der Waals surface area contributed by atoms with Gasteiger partial charge in [-0.05, 0) is 75.7 Å². The molecular weight excluding hydrogens is 428 g/mol. The lowest BCUT2D eigenvalue weighted by Gasteiger charge is -2.27. The van der Waals surface area contributed by atoms with Crippen LogP contribution in [0.1, 0.15) is 42.7 Å². The largest absolute Gasteiger partial charge is 0.355 e. The molecule has 2 heterocycles. The van der Waals surface area contributed by atoms with Crippen LogP contribution in [0.4, 0.5) is 17.2 Å². The Morgan fingerprint density at radius 3 is 2.29 bits per heavy atom. The average Bonchev–Trinajstić information content (AvgIpc) is 3.55. The number of fused-ring (bicyclic) bond motifs is 1. The summed E-state index contributed by atoms with van der Waals surface area (Å²) >= 11 is 0. The highest BCUT2D eigenvalue weighted by Gasteiger charge is 2.27. The van der Waals surface area contributed by atoms with Crippen molar-refractivity contribution in [2.24, 2.45) is 5.92 Å². The third kappa shape index (κ3) is 5.75. The summed E-state index contributed by atoms with van der Waals surface area (Å²) in [4.78, 5) is 33.8. The van der Waals surface area contributed by atoms with Gasteiger partial charge in [-0.3, -0.25) is 14.0 Å². The van der Waals surface area contributed by atoms with E-state index >= 15 is 0 Å². The summed E-state index contributed by atoms with van der Waals surface area (Å²) in [6.07, 6.45) is 5.30. The van der Waals surface area contributed by atoms with E-state index in [-0.39, 0.29) is 11.8 Å². The minimum absolute atomic E-state index is 0.131. The first-order valence-electron chi connectivity index (χ1n) is 11.9. The molecule has 0 aliphatic heterocycles. The van der Waals surface area contributed by atoms with Crippen molar-refractivity contribution >= 4 is 34.7 Å². The first-order valence-corrected chi connectivity index (χ1v) is 11.9. The molecule has 34 heavy (non-hydrogen) atoms. The third-order valence-corrected chi connectivity index (χ3v) is 6.02. The number of hydrogen-bond donors (Lipinski definition) is 2. The van der Waals surface area contributed by atoms with E-state index in [0.29, 0.717) is 16.9 Å². The molecule has 0 unspecified atom stereocenters. The molecule has 1 aromatic carbocycles. The Labute approximate surface area is 201 Å². The van der Waals surface area contributed by atoms with E-state index in [1.165, 1.54) is 19.8 Å². The van der Waals surface area contributed by atoms with Gasteiger partial charge >= 0.3 is 0 Å². The van der Waals surface area contributed by atoms with E-state index in [4.69, 9.17) is 4.98 Å². The van der Waals surface area contributed by atoms with Crippen molar-refractivity contribution < 1.29 is 9.59 Å². The molecule has 1 aliphatic rings. The second-order valence-corrected chi connectivity index (χ2v) is 9.29. The Morgan fingerprint density at radius 1 is 1.03 bits per heavy atom. The topological polar surface area (TPSA) is 82.0 Å². The zero-order valence-corrected chi connectivity index (χ0v) is 20.5. The third-order valence-electron chi connectivity index (χ3n) is 6.02. The predicted molar refractivity (Wildman–Crippen MR) is 137 cm³/mol. The number of aromatic nitrogens is 2. The number of aryl methyl sites for hydroxylation is 1. The van der Waals surface area contributed by atoms with Gasteiger partial charge in [0.05, 0.1) is 11.3 Å². The Morgan fingerprint density at radius 2 is 1.71 bits per heavy atom. The molecule has 0 atom stereocenters. The fourth-order valence-electron chi connectivity index (χ4n) is 4.05. The van der Waals surface area contributed by atoms with Gasteiger partial charge in [-0.2, -0.15) is 0 Å². The van der Waals surface area contributed by atoms with Crippen LogP contribution in [0.5, 0.6) is 0 Å². The lowest BCUT2D eigenvalue weighted by atomic mass is 10.2. The van der Waals surface area contributed by atoms with Crippen LogP contribution in [0.25, 0.3) is 5.65 Å². The lowest BCUT2D eigenvalue weighted by Crippen LogP contribution is -2.34. The maximum Gasteiger partial charge on any atom is 0.257 e. The minimum atomic E-state index is -0.186. The zero-order chi connectivity index (χ0) is 24.2. The van der Waals surface area contributed by atoms with Crippen molar-refractivity contribution in [3.8, 4) is 0 Å². The van der Waals surface area contributed by atoms with E-state index in [1.807, 2.05) is 18.3 Å². The van der Waals surface area contributed by atoms with Crippen molar-refractivity contribution in [3.05, 3.63) is 53.9 Å². The molecule has 8 nitrogen and oxygen atoms in total. The Kier molecular flexibility index (Phi) is 7.17. The maximum absolute atomic E-state index is 13.0. The van der Waals surface area contributed by atoms with Gasteiger partial charge in [0, 0.05) is 44.1 Å². The SMILES string of the molecule is CCc1nc2ccc(C(=O)Nc3ccc(NC(C)=O)cc3)cn2c1N(CCN(C)C)CC1CC1. The first-order chi connectivity index (χ1) is 16.3. The van der Waals surface area contributed by atoms with Crippen molar-refractivity contribution in [1.82, 2.24) is 14.3 Å². The van der Waals surface area contributed by atoms with Gasteiger partial charge in [0.25, 0.3) is 5.91 Å². The smallest absolute Gasteiger partial charge is 0.257 e. The summed E-state index contributed by atoms with van der Waals surface area (Å²) in [5, 5.41) is 5.68. The van der Waals surface area contributed by atoms with Crippen molar-refractivity contribution in [2.75, 3.05) is 49.3 Å². The van der Waals surface area contributed by atoms with Crippen LogP contribution in [-0.2, 0) is 11.2 Å². The number of nitrogens with one attached hydrogen (secondary N) is 2. The van der Waals surface area contributed by atoms with Crippen molar-refractivity contribution in [1.29, 1.82) is 0 Å². The van der Waals surface area contributed by atoms with Crippen LogP contribution < -0.4 is 15.5 Å². The van der Waals surface area contributed by atoms with Gasteiger partial charge in [0.15, 0.2) is 0 Å². The molecule has 1 aliphatic carbocycles. The number of anilines is 3. The Bertz CT molecular complexity index is 1160. The molecule has 2 N–H and O–H groups in total. The summed E-state index contributed by atoms with van der Waals surface area (Å²) < 4.78 is 2.08. The normalized spacial score (nSPS) is 13.3. The van der Waals surface area contributed by atoms with Crippen LogP contribution in [0.2, 0.25) is 0 Å². The predicted octanol–water partition coefficient (Wildman–Crippen LogP) is 3.89. The van der Waals surface area contributed by atoms with Gasteiger partial charge < -0.3 is 20.4 Å². The maximum atomic E-state index is 13.0. The standard InChI is InChI=1S/C26H34N6O2/c1-5-23-26(31(15-14-30(3)4)16-19-6-7-19)32-17-20(8-13-24(32)29-23)25(34)28-22-11-9-21(10-12-22)27-18(2)33/h8-13,17,19H,5-7,14-16H2,1-4H3,(H,27,33)(H,28,34). The summed E-state index contributed by atoms with van der Waals surface area (Å²) in [5.74, 6) is 1.52. The molecule has 8 heteroatoms. The molecule has 2 amide bonds. The molecule has 0 spiro atoms. The highest BCUT2D eigenvalue weighted by Crippen LogP contribution is 2.33. The fraction of sp³-hybridized carbons (Fsp3) is 0.423. The number of carbonyl (C=O) groups is 2. The fourth-order valence-corrected chi connectivity index (χ4v) is 4.05. The number of likely N-dealkylation sites (N-methyl/N-ethyl adjacent to an activating group) is 1. The number of pyridine rings is 1. The quantitative estimate of drug-likeness (QED) is 0.478. The number of imidazole rings is 1.